The summed E-state index contributed by atoms with van der Waals surface area (Å²) in [6, 6.07) is 8.14. The first-order valence-corrected chi connectivity index (χ1v) is 9.02. The van der Waals surface area contributed by atoms with Crippen LogP contribution in [-0.2, 0) is 0 Å². The highest BCUT2D eigenvalue weighted by Crippen LogP contribution is 2.40. The summed E-state index contributed by atoms with van der Waals surface area (Å²) in [6.45, 7) is 0. The number of hydrogen-bond acceptors (Lipinski definition) is 6. The van der Waals surface area contributed by atoms with Crippen molar-refractivity contribution in [2.45, 2.75) is 0 Å². The van der Waals surface area contributed by atoms with Gasteiger partial charge >= 0.3 is 0 Å². The van der Waals surface area contributed by atoms with Crippen LogP contribution in [0.5, 0.6) is 11.6 Å². The van der Waals surface area contributed by atoms with Gasteiger partial charge in [-0.1, -0.05) is 6.07 Å². The third-order valence-electron chi connectivity index (χ3n) is 5.20. The topological polar surface area (TPSA) is 119 Å². The van der Waals surface area contributed by atoms with Gasteiger partial charge in [-0.3, -0.25) is 9.89 Å². The number of nitrogens with one attached hydrogen (secondary N) is 2. The molecular formula is C21H16FN5O3. The Hall–Kier alpha value is -4.14. The number of H-pyrrole nitrogens is 2. The Bertz CT molecular complexity index is 1520. The average Bonchev–Trinajstić information content (AvgIpc) is 3.26. The Balaban J connectivity index is 1.99. The van der Waals surface area contributed by atoms with Crippen molar-refractivity contribution in [3.63, 3.8) is 0 Å². The molecule has 0 spiro atoms. The number of methoxy groups -OCH3 is 2. The number of anilines is 1. The first kappa shape index (κ1) is 17.9. The van der Waals surface area contributed by atoms with E-state index in [9.17, 15) is 9.18 Å². The largest absolute Gasteiger partial charge is 0.494 e. The molecule has 0 saturated carbocycles. The Morgan fingerprint density at radius 1 is 1.03 bits per heavy atom. The minimum Gasteiger partial charge on any atom is -0.494 e. The zero-order chi connectivity index (χ0) is 21.0. The third-order valence-corrected chi connectivity index (χ3v) is 5.20. The molecule has 0 atom stereocenters. The second kappa shape index (κ2) is 6.45. The molecule has 3 heterocycles. The molecule has 0 bridgehead atoms. The average molecular weight is 405 g/mol. The van der Waals surface area contributed by atoms with Gasteiger partial charge in [0.05, 0.1) is 25.9 Å². The number of fused-ring (bicyclic) bond motifs is 4. The number of benzene rings is 2. The van der Waals surface area contributed by atoms with Gasteiger partial charge in [0, 0.05) is 27.8 Å². The number of aromatic nitrogens is 4. The first-order valence-electron chi connectivity index (χ1n) is 9.02. The van der Waals surface area contributed by atoms with Crippen LogP contribution in [0.3, 0.4) is 0 Å². The fourth-order valence-corrected chi connectivity index (χ4v) is 3.80. The molecule has 0 fully saturated rings. The zero-order valence-electron chi connectivity index (χ0n) is 16.0. The fourth-order valence-electron chi connectivity index (χ4n) is 3.80. The van der Waals surface area contributed by atoms with Crippen molar-refractivity contribution in [3.8, 4) is 22.8 Å². The second-order valence-corrected chi connectivity index (χ2v) is 6.75. The predicted molar refractivity (Wildman–Crippen MR) is 112 cm³/mol. The van der Waals surface area contributed by atoms with E-state index in [2.05, 4.69) is 20.2 Å². The molecule has 5 aromatic rings. The van der Waals surface area contributed by atoms with Gasteiger partial charge in [0.1, 0.15) is 28.3 Å². The highest BCUT2D eigenvalue weighted by Gasteiger charge is 2.20. The van der Waals surface area contributed by atoms with Crippen molar-refractivity contribution in [1.82, 2.24) is 20.2 Å². The van der Waals surface area contributed by atoms with E-state index in [0.717, 1.165) is 0 Å². The van der Waals surface area contributed by atoms with Crippen LogP contribution in [-0.4, -0.2) is 34.4 Å². The lowest BCUT2D eigenvalue weighted by molar-refractivity contribution is 0.396. The van der Waals surface area contributed by atoms with Crippen LogP contribution in [0.15, 0.2) is 41.3 Å². The van der Waals surface area contributed by atoms with E-state index in [-0.39, 0.29) is 11.2 Å². The molecule has 30 heavy (non-hydrogen) atoms. The van der Waals surface area contributed by atoms with Crippen molar-refractivity contribution in [3.05, 3.63) is 52.7 Å². The maximum Gasteiger partial charge on any atom is 0.272 e. The van der Waals surface area contributed by atoms with E-state index in [1.807, 2.05) is 0 Å². The number of aromatic amines is 2. The molecule has 0 aliphatic rings. The van der Waals surface area contributed by atoms with Crippen molar-refractivity contribution < 1.29 is 13.9 Å². The normalized spacial score (nSPS) is 11.4. The van der Waals surface area contributed by atoms with Gasteiger partial charge in [-0.05, 0) is 23.8 Å². The van der Waals surface area contributed by atoms with Crippen LogP contribution >= 0.6 is 0 Å². The van der Waals surface area contributed by atoms with E-state index >= 15 is 0 Å². The summed E-state index contributed by atoms with van der Waals surface area (Å²) in [4.78, 5) is 20.0. The lowest BCUT2D eigenvalue weighted by Gasteiger charge is -2.15. The summed E-state index contributed by atoms with van der Waals surface area (Å²) >= 11 is 0. The zero-order valence-corrected chi connectivity index (χ0v) is 16.0. The lowest BCUT2D eigenvalue weighted by Crippen LogP contribution is -2.14. The molecule has 150 valence electrons. The summed E-state index contributed by atoms with van der Waals surface area (Å²) in [5.74, 6) is 0.449. The lowest BCUT2D eigenvalue weighted by atomic mass is 9.95. The van der Waals surface area contributed by atoms with Crippen LogP contribution in [0, 0.1) is 5.82 Å². The molecule has 0 radical (unpaired) electrons. The summed E-state index contributed by atoms with van der Waals surface area (Å²) in [5, 5.41) is 8.40. The van der Waals surface area contributed by atoms with E-state index < -0.39 is 11.4 Å². The molecule has 9 heteroatoms. The van der Waals surface area contributed by atoms with Gasteiger partial charge in [-0.2, -0.15) is 5.10 Å². The maximum atomic E-state index is 14.2. The number of nitrogens with two attached hydrogens (primary N) is 1. The number of ether oxygens (including phenoxy) is 2. The standard InChI is InChI=1S/C21H16FN5O3/c1-29-14-7-11-16(9-3-5-13(22)19-12(9)8-24-27-19)17(23)21(28)26-18(11)10-4-6-15(30-2)25-20(10)14/h3-8H,23H2,1-2H3,(H,24,27)(H,26,28). The van der Waals surface area contributed by atoms with Crippen molar-refractivity contribution in [2.75, 3.05) is 20.0 Å². The van der Waals surface area contributed by atoms with E-state index in [1.165, 1.54) is 26.5 Å². The Morgan fingerprint density at radius 3 is 2.63 bits per heavy atom. The Morgan fingerprint density at radius 2 is 1.87 bits per heavy atom. The minimum absolute atomic E-state index is 0.0134. The number of rotatable bonds is 3. The number of halogens is 1. The van der Waals surface area contributed by atoms with Crippen LogP contribution in [0.25, 0.3) is 43.8 Å². The molecule has 0 saturated heterocycles. The van der Waals surface area contributed by atoms with Gasteiger partial charge in [0.2, 0.25) is 5.88 Å². The quantitative estimate of drug-likeness (QED) is 0.396. The number of pyridine rings is 2. The molecule has 3 aromatic heterocycles. The van der Waals surface area contributed by atoms with Gasteiger partial charge < -0.3 is 20.2 Å². The molecule has 0 amide bonds. The van der Waals surface area contributed by atoms with Gasteiger partial charge in [0.15, 0.2) is 0 Å². The molecule has 5 rings (SSSR count). The van der Waals surface area contributed by atoms with E-state index in [4.69, 9.17) is 15.2 Å². The van der Waals surface area contributed by atoms with E-state index in [0.29, 0.717) is 49.9 Å². The minimum atomic E-state index is -0.458. The summed E-state index contributed by atoms with van der Waals surface area (Å²) in [5.41, 5.74) is 8.12. The monoisotopic (exact) mass is 405 g/mol. The van der Waals surface area contributed by atoms with Gasteiger partial charge in [0.25, 0.3) is 5.56 Å². The van der Waals surface area contributed by atoms with Crippen LogP contribution in [0.4, 0.5) is 10.1 Å². The molecule has 4 N–H and O–H groups in total. The second-order valence-electron chi connectivity index (χ2n) is 6.75. The van der Waals surface area contributed by atoms with Gasteiger partial charge in [-0.15, -0.1) is 0 Å². The van der Waals surface area contributed by atoms with Crippen LogP contribution < -0.4 is 20.8 Å². The highest BCUT2D eigenvalue weighted by atomic mass is 19.1. The molecule has 8 nitrogen and oxygen atoms in total. The summed E-state index contributed by atoms with van der Waals surface area (Å²) in [7, 11) is 3.05. The SMILES string of the molecule is COc1ccc2c(n1)c(OC)cc1c(-c3ccc(F)c4[nH]ncc34)c(N)c(=O)[nH]c12. The third kappa shape index (κ3) is 2.41. The molecule has 0 aliphatic heterocycles. The van der Waals surface area contributed by atoms with Crippen molar-refractivity contribution >= 4 is 38.4 Å². The number of nitrogens with zero attached hydrogens (tertiary/aromatic N) is 2. The van der Waals surface area contributed by atoms with Crippen LogP contribution in [0.2, 0.25) is 0 Å². The molecular weight excluding hydrogens is 389 g/mol. The first-order chi connectivity index (χ1) is 14.5. The predicted octanol–water partition coefficient (Wildman–Crippen LogP) is 3.36. The highest BCUT2D eigenvalue weighted by molar-refractivity contribution is 6.15. The van der Waals surface area contributed by atoms with Crippen LogP contribution in [0.1, 0.15) is 0 Å². The summed E-state index contributed by atoms with van der Waals surface area (Å²) < 4.78 is 25.0. The molecule has 0 aliphatic carbocycles. The van der Waals surface area contributed by atoms with Gasteiger partial charge in [-0.25, -0.2) is 9.37 Å². The smallest absolute Gasteiger partial charge is 0.272 e. The van der Waals surface area contributed by atoms with Crippen molar-refractivity contribution in [2.24, 2.45) is 0 Å². The number of hydrogen-bond donors (Lipinski definition) is 3. The molecule has 2 aromatic carbocycles. The number of nitrogen functional groups attached to an aromatic ring is 1. The van der Waals surface area contributed by atoms with Crippen molar-refractivity contribution in [1.29, 1.82) is 0 Å². The molecule has 0 unspecified atom stereocenters. The van der Waals surface area contributed by atoms with E-state index in [1.54, 1.807) is 24.3 Å². The summed E-state index contributed by atoms with van der Waals surface area (Å²) in [6.07, 6.45) is 1.50. The Kier molecular flexibility index (Phi) is 3.85. The maximum absolute atomic E-state index is 14.2. The Labute approximate surface area is 168 Å². The fraction of sp³-hybridized carbons (Fsp3) is 0.0952.